The average Bonchev–Trinajstić information content (AvgIpc) is 3.82. The summed E-state index contributed by atoms with van der Waals surface area (Å²) >= 11 is 0. The van der Waals surface area contributed by atoms with Gasteiger partial charge in [-0.3, -0.25) is 28.0 Å². The summed E-state index contributed by atoms with van der Waals surface area (Å²) in [5.74, 6) is 0.142. The summed E-state index contributed by atoms with van der Waals surface area (Å²) < 4.78 is 43.5. The molecule has 4 aromatic heterocycles. The van der Waals surface area contributed by atoms with E-state index in [-0.39, 0.29) is 42.4 Å². The summed E-state index contributed by atoms with van der Waals surface area (Å²) in [6, 6.07) is 0. The third-order valence-corrected chi connectivity index (χ3v) is 10.2. The molecule has 7 rings (SSSR count). The molecule has 3 aliphatic heterocycles. The number of rotatable bonds is 9. The predicted molar refractivity (Wildman–Crippen MR) is 152 cm³/mol. The zero-order chi connectivity index (χ0) is 30.6. The van der Waals surface area contributed by atoms with E-state index < -0.39 is 56.8 Å². The van der Waals surface area contributed by atoms with E-state index in [2.05, 4.69) is 29.9 Å². The normalized spacial score (nSPS) is 29.2. The first kappa shape index (κ1) is 29.2. The van der Waals surface area contributed by atoms with Crippen molar-refractivity contribution in [1.29, 1.82) is 0 Å². The number of hydrogen-bond donors (Lipinski definition) is 5. The number of nitrogens with one attached hydrogen (secondary N) is 1. The molecule has 7 N–H and O–H groups in total. The van der Waals surface area contributed by atoms with Gasteiger partial charge in [-0.15, -0.1) is 0 Å². The molecule has 0 radical (unpaired) electrons. The number of anilines is 2. The van der Waals surface area contributed by atoms with Gasteiger partial charge in [-0.2, -0.15) is 4.98 Å². The van der Waals surface area contributed by atoms with Gasteiger partial charge in [0.2, 0.25) is 5.95 Å². The molecule has 0 bridgehead atoms. The Morgan fingerprint density at radius 1 is 1.00 bits per heavy atom. The van der Waals surface area contributed by atoms with Crippen LogP contribution >= 0.6 is 7.75 Å². The minimum Gasteiger partial charge on any atom is -0.394 e. The van der Waals surface area contributed by atoms with E-state index in [4.69, 9.17) is 30.0 Å². The molecule has 0 aliphatic carbocycles. The Balaban J connectivity index is 1.07. The highest BCUT2D eigenvalue weighted by Crippen LogP contribution is 2.57. The van der Waals surface area contributed by atoms with Crippen molar-refractivity contribution in [3.05, 3.63) is 29.3 Å². The third kappa shape index (κ3) is 5.14. The van der Waals surface area contributed by atoms with Crippen LogP contribution in [0.1, 0.15) is 38.1 Å². The quantitative estimate of drug-likeness (QED) is 0.148. The van der Waals surface area contributed by atoms with Gasteiger partial charge in [0.1, 0.15) is 42.6 Å². The molecule has 1 unspecified atom stereocenters. The maximum Gasteiger partial charge on any atom is 0.408 e. The second-order valence-corrected chi connectivity index (χ2v) is 12.9. The molecule has 3 saturated heterocycles. The van der Waals surface area contributed by atoms with Crippen LogP contribution in [0, 0.1) is 0 Å². The Morgan fingerprint density at radius 3 is 2.48 bits per heavy atom. The van der Waals surface area contributed by atoms with Crippen molar-refractivity contribution in [2.45, 2.75) is 62.6 Å². The molecule has 3 fully saturated rings. The van der Waals surface area contributed by atoms with E-state index in [0.29, 0.717) is 24.3 Å². The minimum atomic E-state index is -3.95. The highest BCUT2D eigenvalue weighted by Gasteiger charge is 2.47. The van der Waals surface area contributed by atoms with Gasteiger partial charge in [-0.25, -0.2) is 29.2 Å². The molecule has 3 aliphatic rings. The number of fused-ring (bicyclic) bond motifs is 2. The zero-order valence-electron chi connectivity index (χ0n) is 23.4. The Hall–Kier alpha value is -3.55. The largest absolute Gasteiger partial charge is 0.408 e. The number of hydrogen-bond acceptors (Lipinski definition) is 15. The van der Waals surface area contributed by atoms with Crippen molar-refractivity contribution in [2.24, 2.45) is 0 Å². The number of nitrogen functional groups attached to an aromatic ring is 2. The molecule has 7 heterocycles. The summed E-state index contributed by atoms with van der Waals surface area (Å²) in [6.07, 6.45) is 1.36. The Morgan fingerprint density at radius 2 is 1.70 bits per heavy atom. The van der Waals surface area contributed by atoms with E-state index in [1.54, 1.807) is 9.24 Å². The number of H-pyrrole nitrogens is 1. The molecule has 0 aromatic carbocycles. The number of ether oxygens (including phenoxy) is 2. The van der Waals surface area contributed by atoms with Crippen molar-refractivity contribution < 1.29 is 33.3 Å². The van der Waals surface area contributed by atoms with Gasteiger partial charge in [-0.05, 0) is 12.8 Å². The first-order chi connectivity index (χ1) is 21.2. The van der Waals surface area contributed by atoms with E-state index in [1.807, 2.05) is 0 Å². The lowest BCUT2D eigenvalue weighted by Gasteiger charge is -2.30. The topological polar surface area (TPSA) is 257 Å². The monoisotopic (exact) mass is 633 g/mol. The molecule has 7 atom stereocenters. The zero-order valence-corrected chi connectivity index (χ0v) is 24.3. The van der Waals surface area contributed by atoms with Crippen molar-refractivity contribution >= 4 is 41.8 Å². The first-order valence-electron chi connectivity index (χ1n) is 14.2. The van der Waals surface area contributed by atoms with Gasteiger partial charge < -0.3 is 31.2 Å². The number of aliphatic hydroxyl groups is 2. The highest BCUT2D eigenvalue weighted by molar-refractivity contribution is 7.51. The highest BCUT2D eigenvalue weighted by atomic mass is 31.2. The lowest BCUT2D eigenvalue weighted by atomic mass is 10.2. The van der Waals surface area contributed by atoms with Gasteiger partial charge in [0, 0.05) is 25.9 Å². The first-order valence-corrected chi connectivity index (χ1v) is 15.7. The van der Waals surface area contributed by atoms with Crippen molar-refractivity contribution in [1.82, 2.24) is 43.7 Å². The lowest BCUT2D eigenvalue weighted by Crippen LogP contribution is -2.32. The fourth-order valence-corrected chi connectivity index (χ4v) is 7.91. The molecule has 0 spiro atoms. The van der Waals surface area contributed by atoms with Gasteiger partial charge in [-0.1, -0.05) is 0 Å². The molecule has 4 aromatic rings. The standard InChI is InChI=1S/C24H32N11O8P/c25-20-18-21(28-9-27-20)34(10-29-18)17-6-13(14(7-36)41-17)43-44(39,33-3-1-2-4-33)40-8-15-12(37)5-16(42-15)35-11-30-19-22(35)31-24(26)32-23(19)38/h9-17,36-37H,1-8H2,(H2,25,27,28)(H3,26,31,32,38)/t12-,13-,14-,15-,16-,17-,44?/m1/s1. The van der Waals surface area contributed by atoms with Crippen LogP contribution in [0.25, 0.3) is 22.3 Å². The number of aromatic amines is 1. The van der Waals surface area contributed by atoms with Crippen LogP contribution in [-0.4, -0.2) is 105 Å². The number of nitrogens with two attached hydrogens (primary N) is 2. The van der Waals surface area contributed by atoms with Crippen LogP contribution in [0.4, 0.5) is 11.8 Å². The Kier molecular flexibility index (Phi) is 7.58. The summed E-state index contributed by atoms with van der Waals surface area (Å²) in [6.45, 7) is 0.328. The smallest absolute Gasteiger partial charge is 0.394 e. The average molecular weight is 634 g/mol. The molecule has 44 heavy (non-hydrogen) atoms. The van der Waals surface area contributed by atoms with Gasteiger partial charge >= 0.3 is 7.75 Å². The van der Waals surface area contributed by atoms with E-state index >= 15 is 0 Å². The lowest BCUT2D eigenvalue weighted by molar-refractivity contribution is -0.0534. The van der Waals surface area contributed by atoms with Gasteiger partial charge in [0.05, 0.1) is 32.0 Å². The van der Waals surface area contributed by atoms with E-state index in [1.165, 1.54) is 23.5 Å². The summed E-state index contributed by atoms with van der Waals surface area (Å²) in [5.41, 5.74) is 12.3. The Bertz CT molecular complexity index is 1770. The van der Waals surface area contributed by atoms with Crippen LogP contribution < -0.4 is 17.0 Å². The van der Waals surface area contributed by atoms with Crippen LogP contribution in [0.3, 0.4) is 0 Å². The number of nitrogens with zero attached hydrogens (tertiary/aromatic N) is 8. The molecule has 19 nitrogen and oxygen atoms in total. The number of aliphatic hydroxyl groups excluding tert-OH is 2. The summed E-state index contributed by atoms with van der Waals surface area (Å²) in [4.78, 5) is 35.3. The van der Waals surface area contributed by atoms with Crippen LogP contribution in [0.5, 0.6) is 0 Å². The molecule has 20 heteroatoms. The van der Waals surface area contributed by atoms with E-state index in [0.717, 1.165) is 12.8 Å². The van der Waals surface area contributed by atoms with Crippen molar-refractivity contribution in [2.75, 3.05) is 37.8 Å². The maximum absolute atomic E-state index is 14.4. The fourth-order valence-electron chi connectivity index (χ4n) is 5.88. The van der Waals surface area contributed by atoms with Crippen molar-refractivity contribution in [3.63, 3.8) is 0 Å². The van der Waals surface area contributed by atoms with Crippen LogP contribution in [0.15, 0.2) is 23.8 Å². The molecular weight excluding hydrogens is 601 g/mol. The Labute approximate surface area is 248 Å². The van der Waals surface area contributed by atoms with Crippen LogP contribution in [-0.2, 0) is 23.1 Å². The number of imidazole rings is 2. The van der Waals surface area contributed by atoms with Crippen LogP contribution in [0.2, 0.25) is 0 Å². The predicted octanol–water partition coefficient (Wildman–Crippen LogP) is -0.342. The van der Waals surface area contributed by atoms with Crippen molar-refractivity contribution in [3.8, 4) is 0 Å². The molecule has 0 amide bonds. The molecule has 0 saturated carbocycles. The summed E-state index contributed by atoms with van der Waals surface area (Å²) in [7, 11) is -3.95. The minimum absolute atomic E-state index is 0.0793. The number of aromatic nitrogens is 8. The summed E-state index contributed by atoms with van der Waals surface area (Å²) in [5, 5.41) is 21.0. The fraction of sp³-hybridized carbons (Fsp3) is 0.583. The van der Waals surface area contributed by atoms with Gasteiger partial charge in [0.25, 0.3) is 5.56 Å². The molecular formula is C24H32N11O8P. The van der Waals surface area contributed by atoms with E-state index in [9.17, 15) is 19.6 Å². The second kappa shape index (κ2) is 11.4. The SMILES string of the molecule is Nc1nc2c(ncn2[C@H]2C[C@@H](O)[C@@H](COP(=O)(O[C@@H]3C[C@H](n4cnc5c(N)ncnc54)O[C@@H]3CO)N3CCCC3)O2)c(=O)[nH]1. The molecule has 236 valence electrons. The third-order valence-electron chi connectivity index (χ3n) is 8.12. The maximum atomic E-state index is 14.4. The second-order valence-electron chi connectivity index (χ2n) is 10.9. The van der Waals surface area contributed by atoms with Gasteiger partial charge in [0.15, 0.2) is 22.6 Å².